The highest BCUT2D eigenvalue weighted by molar-refractivity contribution is 5.92. The zero-order chi connectivity index (χ0) is 18.3. The molecular weight excluding hydrogens is 346 g/mol. The molecule has 1 aliphatic rings. The monoisotopic (exact) mass is 361 g/mol. The zero-order valence-electron chi connectivity index (χ0n) is 13.7. The zero-order valence-corrected chi connectivity index (χ0v) is 13.7. The molecule has 26 heavy (non-hydrogen) atoms. The highest BCUT2D eigenvalue weighted by Crippen LogP contribution is 2.38. The summed E-state index contributed by atoms with van der Waals surface area (Å²) in [6, 6.07) is 12.4. The number of hydrogen-bond acceptors (Lipinski definition) is 2. The molecule has 0 amide bonds. The fourth-order valence-electron chi connectivity index (χ4n) is 3.28. The number of hydrogen-bond donors (Lipinski definition) is 0. The molecule has 0 spiro atoms. The third-order valence-electron chi connectivity index (χ3n) is 4.58. The van der Waals surface area contributed by atoms with Gasteiger partial charge >= 0.3 is 6.18 Å². The Hall–Kier alpha value is -2.76. The lowest BCUT2D eigenvalue weighted by molar-refractivity contribution is -0.152. The molecule has 2 heterocycles. The molecule has 0 radical (unpaired) electrons. The van der Waals surface area contributed by atoms with E-state index in [1.165, 1.54) is 18.2 Å². The Kier molecular flexibility index (Phi) is 3.98. The summed E-state index contributed by atoms with van der Waals surface area (Å²) in [5.41, 5.74) is 3.02. The predicted octanol–water partition coefficient (Wildman–Crippen LogP) is 5.88. The SMILES string of the molecule is Fc1ccc(C2=CCN(c3cccc4oc(C(F)(F)F)cc34)CC2)cc1. The Morgan fingerprint density at radius 2 is 1.77 bits per heavy atom. The van der Waals surface area contributed by atoms with Gasteiger partial charge in [-0.05, 0) is 47.9 Å². The number of halogens is 4. The summed E-state index contributed by atoms with van der Waals surface area (Å²) in [6.07, 6.45) is -1.75. The summed E-state index contributed by atoms with van der Waals surface area (Å²) in [5.74, 6) is -1.27. The van der Waals surface area contributed by atoms with Crippen LogP contribution >= 0.6 is 0 Å². The molecule has 0 bridgehead atoms. The van der Waals surface area contributed by atoms with E-state index in [0.717, 1.165) is 29.3 Å². The molecule has 0 N–H and O–H groups in total. The average Bonchev–Trinajstić information content (AvgIpc) is 3.07. The van der Waals surface area contributed by atoms with Crippen molar-refractivity contribution in [2.24, 2.45) is 0 Å². The van der Waals surface area contributed by atoms with Crippen LogP contribution in [0.25, 0.3) is 16.5 Å². The maximum absolute atomic E-state index is 13.1. The molecule has 4 rings (SSSR count). The van der Waals surface area contributed by atoms with Crippen LogP contribution < -0.4 is 4.90 Å². The molecule has 6 heteroatoms. The van der Waals surface area contributed by atoms with Gasteiger partial charge in [-0.25, -0.2) is 4.39 Å². The van der Waals surface area contributed by atoms with Crippen LogP contribution in [0.15, 0.2) is 59.0 Å². The minimum atomic E-state index is -4.51. The number of nitrogens with zero attached hydrogens (tertiary/aromatic N) is 1. The molecule has 0 unspecified atom stereocenters. The van der Waals surface area contributed by atoms with Crippen LogP contribution in [0.2, 0.25) is 0 Å². The lowest BCUT2D eigenvalue weighted by atomic mass is 9.99. The van der Waals surface area contributed by atoms with Gasteiger partial charge in [-0.3, -0.25) is 0 Å². The van der Waals surface area contributed by atoms with E-state index in [4.69, 9.17) is 4.42 Å². The molecule has 0 saturated heterocycles. The minimum Gasteiger partial charge on any atom is -0.451 e. The van der Waals surface area contributed by atoms with Crippen molar-refractivity contribution >= 4 is 22.2 Å². The van der Waals surface area contributed by atoms with Gasteiger partial charge in [0.25, 0.3) is 0 Å². The first-order chi connectivity index (χ1) is 12.4. The maximum atomic E-state index is 13.1. The molecule has 3 aromatic rings. The fraction of sp³-hybridized carbons (Fsp3) is 0.200. The first-order valence-electron chi connectivity index (χ1n) is 8.21. The van der Waals surface area contributed by atoms with Crippen molar-refractivity contribution in [3.8, 4) is 0 Å². The summed E-state index contributed by atoms with van der Waals surface area (Å²) >= 11 is 0. The Balaban J connectivity index is 1.63. The number of anilines is 1. The molecule has 0 saturated carbocycles. The second-order valence-electron chi connectivity index (χ2n) is 6.23. The van der Waals surface area contributed by atoms with Gasteiger partial charge in [0, 0.05) is 24.2 Å². The molecular formula is C20H15F4NO. The molecule has 0 aliphatic carbocycles. The van der Waals surface area contributed by atoms with E-state index in [1.54, 1.807) is 24.3 Å². The maximum Gasteiger partial charge on any atom is 0.449 e. The van der Waals surface area contributed by atoms with Gasteiger partial charge in [-0.15, -0.1) is 0 Å². The second-order valence-corrected chi connectivity index (χ2v) is 6.23. The van der Waals surface area contributed by atoms with Crippen molar-refractivity contribution in [3.05, 3.63) is 71.7 Å². The third-order valence-corrected chi connectivity index (χ3v) is 4.58. The van der Waals surface area contributed by atoms with Crippen LogP contribution in [-0.2, 0) is 6.18 Å². The number of rotatable bonds is 2. The third kappa shape index (κ3) is 3.07. The highest BCUT2D eigenvalue weighted by atomic mass is 19.4. The van der Waals surface area contributed by atoms with Gasteiger partial charge in [0.2, 0.25) is 5.76 Å². The molecule has 1 aliphatic heterocycles. The quantitative estimate of drug-likeness (QED) is 0.530. The summed E-state index contributed by atoms with van der Waals surface area (Å²) in [7, 11) is 0. The van der Waals surface area contributed by atoms with Gasteiger partial charge < -0.3 is 9.32 Å². The van der Waals surface area contributed by atoms with Crippen LogP contribution in [-0.4, -0.2) is 13.1 Å². The first-order valence-corrected chi connectivity index (χ1v) is 8.21. The number of benzene rings is 2. The van der Waals surface area contributed by atoms with Crippen LogP contribution in [0.3, 0.4) is 0 Å². The topological polar surface area (TPSA) is 16.4 Å². The summed E-state index contributed by atoms with van der Waals surface area (Å²) in [5, 5.41) is 0.457. The predicted molar refractivity (Wildman–Crippen MR) is 92.4 cm³/mol. The fourth-order valence-corrected chi connectivity index (χ4v) is 3.28. The minimum absolute atomic E-state index is 0.225. The smallest absolute Gasteiger partial charge is 0.449 e. The molecule has 0 atom stereocenters. The van der Waals surface area contributed by atoms with Crippen molar-refractivity contribution in [2.75, 3.05) is 18.0 Å². The summed E-state index contributed by atoms with van der Waals surface area (Å²) in [4.78, 5) is 2.02. The van der Waals surface area contributed by atoms with Crippen LogP contribution in [0.4, 0.5) is 23.2 Å². The first kappa shape index (κ1) is 16.7. The van der Waals surface area contributed by atoms with E-state index in [9.17, 15) is 17.6 Å². The molecule has 134 valence electrons. The highest BCUT2D eigenvalue weighted by Gasteiger charge is 2.35. The number of furan rings is 1. The lowest BCUT2D eigenvalue weighted by Crippen LogP contribution is -2.28. The van der Waals surface area contributed by atoms with Crippen molar-refractivity contribution in [3.63, 3.8) is 0 Å². The standard InChI is InChI=1S/C20H15F4NO/c21-15-6-4-13(5-7-15)14-8-10-25(11-9-14)17-2-1-3-18-16(17)12-19(26-18)20(22,23)24/h1-8,12H,9-11H2. The average molecular weight is 361 g/mol. The van der Waals surface area contributed by atoms with E-state index in [-0.39, 0.29) is 11.4 Å². The van der Waals surface area contributed by atoms with E-state index in [0.29, 0.717) is 18.5 Å². The summed E-state index contributed by atoms with van der Waals surface area (Å²) < 4.78 is 56.8. The van der Waals surface area contributed by atoms with Crippen LogP contribution in [0, 0.1) is 5.82 Å². The Labute approximate surface area is 147 Å². The van der Waals surface area contributed by atoms with Crippen molar-refractivity contribution < 1.29 is 22.0 Å². The molecule has 1 aromatic heterocycles. The van der Waals surface area contributed by atoms with Gasteiger partial charge in [-0.1, -0.05) is 24.3 Å². The van der Waals surface area contributed by atoms with E-state index < -0.39 is 11.9 Å². The number of fused-ring (bicyclic) bond motifs is 1. The Morgan fingerprint density at radius 1 is 1.00 bits per heavy atom. The molecule has 2 aromatic carbocycles. The van der Waals surface area contributed by atoms with E-state index in [2.05, 4.69) is 0 Å². The van der Waals surface area contributed by atoms with Gasteiger partial charge in [0.1, 0.15) is 11.4 Å². The molecule has 0 fully saturated rings. The van der Waals surface area contributed by atoms with Crippen LogP contribution in [0.5, 0.6) is 0 Å². The largest absolute Gasteiger partial charge is 0.451 e. The molecule has 2 nitrogen and oxygen atoms in total. The van der Waals surface area contributed by atoms with Gasteiger partial charge in [-0.2, -0.15) is 13.2 Å². The van der Waals surface area contributed by atoms with Crippen LogP contribution in [0.1, 0.15) is 17.7 Å². The van der Waals surface area contributed by atoms with Crippen molar-refractivity contribution in [1.82, 2.24) is 0 Å². The van der Waals surface area contributed by atoms with Crippen molar-refractivity contribution in [1.29, 1.82) is 0 Å². The second kappa shape index (κ2) is 6.20. The van der Waals surface area contributed by atoms with Gasteiger partial charge in [0.15, 0.2) is 0 Å². The lowest BCUT2D eigenvalue weighted by Gasteiger charge is -2.29. The van der Waals surface area contributed by atoms with Crippen molar-refractivity contribution in [2.45, 2.75) is 12.6 Å². The van der Waals surface area contributed by atoms with E-state index >= 15 is 0 Å². The Morgan fingerprint density at radius 3 is 2.42 bits per heavy atom. The number of alkyl halides is 3. The normalized spacial score (nSPS) is 15.4. The summed E-state index contributed by atoms with van der Waals surface area (Å²) in [6.45, 7) is 1.23. The van der Waals surface area contributed by atoms with Gasteiger partial charge in [0.05, 0.1) is 0 Å². The van der Waals surface area contributed by atoms with E-state index in [1.807, 2.05) is 11.0 Å². The Bertz CT molecular complexity index is 970.